The molecule has 2 aromatic carbocycles. The molecule has 3 aromatic rings. The van der Waals surface area contributed by atoms with E-state index in [0.29, 0.717) is 17.9 Å². The Bertz CT molecular complexity index is 1160. The van der Waals surface area contributed by atoms with Crippen molar-refractivity contribution in [3.63, 3.8) is 0 Å². The topological polar surface area (TPSA) is 93.5 Å². The van der Waals surface area contributed by atoms with Crippen LogP contribution in [-0.4, -0.2) is 48.4 Å². The van der Waals surface area contributed by atoms with Crippen molar-refractivity contribution in [2.45, 2.75) is 18.0 Å². The molecule has 8 nitrogen and oxygen atoms in total. The number of carbonyl (C=O) groups excluding carboxylic acids is 1. The van der Waals surface area contributed by atoms with Gasteiger partial charge in [0.2, 0.25) is 10.0 Å². The number of amides is 1. The highest BCUT2D eigenvalue weighted by Gasteiger charge is 2.34. The van der Waals surface area contributed by atoms with E-state index in [0.717, 1.165) is 5.56 Å². The van der Waals surface area contributed by atoms with Crippen molar-refractivity contribution in [3.05, 3.63) is 77.9 Å². The van der Waals surface area contributed by atoms with Crippen LogP contribution in [0.15, 0.2) is 65.8 Å². The zero-order chi connectivity index (χ0) is 21.1. The number of benzene rings is 2. The quantitative estimate of drug-likeness (QED) is 0.650. The van der Waals surface area contributed by atoms with E-state index in [1.54, 1.807) is 28.8 Å². The smallest absolute Gasteiger partial charge is 0.272 e. The summed E-state index contributed by atoms with van der Waals surface area (Å²) >= 11 is 0. The molecule has 1 aliphatic rings. The maximum absolute atomic E-state index is 13.2. The molecule has 0 spiro atoms. The molecule has 2 heterocycles. The van der Waals surface area contributed by atoms with Gasteiger partial charge < -0.3 is 10.1 Å². The predicted octanol–water partition coefficient (Wildman–Crippen LogP) is 1.95. The zero-order valence-electron chi connectivity index (χ0n) is 16.5. The van der Waals surface area contributed by atoms with Crippen LogP contribution < -0.4 is 5.32 Å². The van der Waals surface area contributed by atoms with Gasteiger partial charge in [-0.2, -0.15) is 4.31 Å². The standard InChI is InChI=1S/C21H22N4O4S/c1-29-12-11-24-14-18-20(21(26)22-13-16-7-3-2-4-8-16)23-15-25(18)17-9-5-6-10-19(17)30(24,27)28/h2-10,15H,11-14H2,1H3,(H,22,26). The molecule has 0 unspecified atom stereocenters. The van der Waals surface area contributed by atoms with Crippen molar-refractivity contribution in [1.82, 2.24) is 19.2 Å². The number of rotatable bonds is 6. The Hall–Kier alpha value is -3.01. The molecule has 4 rings (SSSR count). The molecule has 0 saturated heterocycles. The van der Waals surface area contributed by atoms with E-state index in [1.807, 2.05) is 30.3 Å². The number of hydrogen-bond acceptors (Lipinski definition) is 5. The second-order valence-electron chi connectivity index (χ2n) is 6.88. The SMILES string of the molecule is COCCN1Cc2c(C(=O)NCc3ccccc3)ncn2-c2ccccc2S1(=O)=O. The van der Waals surface area contributed by atoms with Crippen LogP contribution in [0.1, 0.15) is 21.7 Å². The number of sulfonamides is 1. The third kappa shape index (κ3) is 3.74. The summed E-state index contributed by atoms with van der Waals surface area (Å²) in [6, 6.07) is 16.3. The summed E-state index contributed by atoms with van der Waals surface area (Å²) in [6.07, 6.45) is 1.50. The fraction of sp³-hybridized carbons (Fsp3) is 0.238. The number of ether oxygens (including phenoxy) is 1. The number of carbonyl (C=O) groups is 1. The van der Waals surface area contributed by atoms with Gasteiger partial charge in [-0.15, -0.1) is 0 Å². The molecule has 0 radical (unpaired) electrons. The van der Waals surface area contributed by atoms with E-state index in [1.165, 1.54) is 17.7 Å². The van der Waals surface area contributed by atoms with Gasteiger partial charge in [-0.3, -0.25) is 9.36 Å². The maximum atomic E-state index is 13.2. The van der Waals surface area contributed by atoms with E-state index in [2.05, 4.69) is 10.3 Å². The lowest BCUT2D eigenvalue weighted by atomic mass is 10.2. The number of hydrogen-bond donors (Lipinski definition) is 1. The monoisotopic (exact) mass is 426 g/mol. The van der Waals surface area contributed by atoms with Crippen LogP contribution in [0.3, 0.4) is 0 Å². The molecule has 0 bridgehead atoms. The van der Waals surface area contributed by atoms with Crippen molar-refractivity contribution < 1.29 is 17.9 Å². The second-order valence-corrected chi connectivity index (χ2v) is 8.78. The van der Waals surface area contributed by atoms with E-state index in [4.69, 9.17) is 4.74 Å². The molecule has 0 aliphatic carbocycles. The first-order valence-corrected chi connectivity index (χ1v) is 10.9. The van der Waals surface area contributed by atoms with Crippen LogP contribution in [0.4, 0.5) is 0 Å². The summed E-state index contributed by atoms with van der Waals surface area (Å²) < 4.78 is 34.5. The van der Waals surface area contributed by atoms with Gasteiger partial charge in [-0.25, -0.2) is 13.4 Å². The number of imidazole rings is 1. The summed E-state index contributed by atoms with van der Waals surface area (Å²) in [4.78, 5) is 17.4. The number of aromatic nitrogens is 2. The van der Waals surface area contributed by atoms with Gasteiger partial charge in [0.05, 0.1) is 24.5 Å². The molecule has 0 saturated carbocycles. The van der Waals surface area contributed by atoms with Gasteiger partial charge in [0.1, 0.15) is 11.2 Å². The summed E-state index contributed by atoms with van der Waals surface area (Å²) in [5.74, 6) is -0.351. The molecule has 156 valence electrons. The van der Waals surface area contributed by atoms with Gasteiger partial charge in [-0.05, 0) is 17.7 Å². The Morgan fingerprint density at radius 3 is 2.63 bits per heavy atom. The molecular weight excluding hydrogens is 404 g/mol. The fourth-order valence-corrected chi connectivity index (χ4v) is 5.01. The van der Waals surface area contributed by atoms with Crippen molar-refractivity contribution in [2.75, 3.05) is 20.3 Å². The van der Waals surface area contributed by atoms with E-state index < -0.39 is 10.0 Å². The minimum atomic E-state index is -3.75. The average molecular weight is 426 g/mol. The van der Waals surface area contributed by atoms with Gasteiger partial charge >= 0.3 is 0 Å². The number of methoxy groups -OCH3 is 1. The van der Waals surface area contributed by atoms with Crippen LogP contribution in [0.25, 0.3) is 5.69 Å². The molecule has 9 heteroatoms. The van der Waals surface area contributed by atoms with Gasteiger partial charge in [0, 0.05) is 20.2 Å². The largest absolute Gasteiger partial charge is 0.383 e. The first-order valence-electron chi connectivity index (χ1n) is 9.49. The van der Waals surface area contributed by atoms with Crippen molar-refractivity contribution >= 4 is 15.9 Å². The lowest BCUT2D eigenvalue weighted by molar-refractivity contribution is 0.0944. The third-order valence-corrected chi connectivity index (χ3v) is 6.88. The van der Waals surface area contributed by atoms with Crippen molar-refractivity contribution in [2.24, 2.45) is 0 Å². The molecular formula is C21H22N4O4S. The average Bonchev–Trinajstić information content (AvgIpc) is 3.15. The Morgan fingerprint density at radius 2 is 1.87 bits per heavy atom. The van der Waals surface area contributed by atoms with Crippen LogP contribution in [0.5, 0.6) is 0 Å². The molecule has 0 fully saturated rings. The number of nitrogens with zero attached hydrogens (tertiary/aromatic N) is 3. The molecule has 0 atom stereocenters. The Kier molecular flexibility index (Phi) is 5.67. The first kappa shape index (κ1) is 20.3. The van der Waals surface area contributed by atoms with E-state index >= 15 is 0 Å². The van der Waals surface area contributed by atoms with Crippen LogP contribution >= 0.6 is 0 Å². The minimum absolute atomic E-state index is 0.0223. The highest BCUT2D eigenvalue weighted by Crippen LogP contribution is 2.31. The van der Waals surface area contributed by atoms with E-state index in [9.17, 15) is 13.2 Å². The fourth-order valence-electron chi connectivity index (χ4n) is 3.44. The molecule has 1 amide bonds. The Morgan fingerprint density at radius 1 is 1.13 bits per heavy atom. The third-order valence-electron chi connectivity index (χ3n) is 4.99. The van der Waals surface area contributed by atoms with Crippen molar-refractivity contribution in [3.8, 4) is 5.69 Å². The molecule has 1 N–H and O–H groups in total. The van der Waals surface area contributed by atoms with Crippen molar-refractivity contribution in [1.29, 1.82) is 0 Å². The normalized spacial score (nSPS) is 15.1. The lowest BCUT2D eigenvalue weighted by Gasteiger charge is -2.20. The van der Waals surface area contributed by atoms with Crippen LogP contribution in [-0.2, 0) is 27.8 Å². The number of para-hydroxylation sites is 1. The molecule has 30 heavy (non-hydrogen) atoms. The lowest BCUT2D eigenvalue weighted by Crippen LogP contribution is -2.33. The first-order chi connectivity index (χ1) is 14.5. The Balaban J connectivity index is 1.71. The predicted molar refractivity (Wildman–Crippen MR) is 111 cm³/mol. The Labute approximate surface area is 175 Å². The van der Waals surface area contributed by atoms with E-state index in [-0.39, 0.29) is 36.2 Å². The minimum Gasteiger partial charge on any atom is -0.383 e. The van der Waals surface area contributed by atoms with Gasteiger partial charge in [0.15, 0.2) is 5.69 Å². The van der Waals surface area contributed by atoms with Gasteiger partial charge in [0.25, 0.3) is 5.91 Å². The maximum Gasteiger partial charge on any atom is 0.272 e. The highest BCUT2D eigenvalue weighted by molar-refractivity contribution is 7.89. The summed E-state index contributed by atoms with van der Waals surface area (Å²) in [7, 11) is -2.23. The zero-order valence-corrected chi connectivity index (χ0v) is 17.3. The summed E-state index contributed by atoms with van der Waals surface area (Å²) in [6.45, 7) is 0.789. The summed E-state index contributed by atoms with van der Waals surface area (Å²) in [5, 5.41) is 2.87. The number of fused-ring (bicyclic) bond motifs is 3. The highest BCUT2D eigenvalue weighted by atomic mass is 32.2. The summed E-state index contributed by atoms with van der Waals surface area (Å²) in [5.41, 5.74) is 2.17. The van der Waals surface area contributed by atoms with Crippen LogP contribution in [0, 0.1) is 0 Å². The molecule has 1 aromatic heterocycles. The van der Waals surface area contributed by atoms with Crippen LogP contribution in [0.2, 0.25) is 0 Å². The second kappa shape index (κ2) is 8.39. The number of nitrogens with one attached hydrogen (secondary N) is 1. The molecule has 1 aliphatic heterocycles. The van der Waals surface area contributed by atoms with Gasteiger partial charge in [-0.1, -0.05) is 42.5 Å².